The monoisotopic (exact) mass is 702 g/mol. The Kier molecular flexibility index (Phi) is 8.56. The summed E-state index contributed by atoms with van der Waals surface area (Å²) in [7, 11) is 0. The predicted octanol–water partition coefficient (Wildman–Crippen LogP) is 5.96. The molecule has 0 unspecified atom stereocenters. The maximum absolute atomic E-state index is 17.0. The first-order valence-corrected chi connectivity index (χ1v) is 16.4. The number of benzene rings is 1. The SMILES string of the molecule is Cc1cc(N)nc(-c2c(Cl)c3c4c(nc(OC[C@@H]5CC[C@H]6CO[C@@H](C)CN56)nc4c2F)N([C@H](C)c2cccnc2N)CCO3)c1C(F)(F)F. The van der Waals surface area contributed by atoms with E-state index in [1.807, 2.05) is 24.8 Å². The quantitative estimate of drug-likeness (QED) is 0.230. The number of hydrogen-bond donors (Lipinski definition) is 2. The minimum Gasteiger partial charge on any atom is -0.489 e. The summed E-state index contributed by atoms with van der Waals surface area (Å²) in [5.41, 5.74) is 9.65. The number of aryl methyl sites for hydroxylation is 1. The van der Waals surface area contributed by atoms with Crippen LogP contribution in [0.25, 0.3) is 22.2 Å². The number of hydrogen-bond acceptors (Lipinski definition) is 11. The minimum absolute atomic E-state index is 0.0190. The molecule has 2 fully saturated rings. The Morgan fingerprint density at radius 2 is 1.98 bits per heavy atom. The summed E-state index contributed by atoms with van der Waals surface area (Å²) < 4.78 is 78.5. The van der Waals surface area contributed by atoms with E-state index in [1.54, 1.807) is 12.3 Å². The third-order valence-corrected chi connectivity index (χ3v) is 9.92. The molecule has 3 aliphatic rings. The van der Waals surface area contributed by atoms with Crippen molar-refractivity contribution in [2.75, 3.05) is 49.3 Å². The van der Waals surface area contributed by atoms with Gasteiger partial charge in [0.25, 0.3) is 0 Å². The van der Waals surface area contributed by atoms with Gasteiger partial charge in [-0.1, -0.05) is 17.7 Å². The van der Waals surface area contributed by atoms with Gasteiger partial charge in [0.15, 0.2) is 11.6 Å². The van der Waals surface area contributed by atoms with Gasteiger partial charge in [-0.05, 0) is 51.3 Å². The standard InChI is InChI=1S/C33H35ClF4N8O3/c1-15-11-21(39)42-27(24(15)33(36,37)38)22-25(34)29-23-28(26(22)35)43-32(49-14-19-7-6-18-13-48-16(2)12-46(18)19)44-31(23)45(9-10-47-29)17(3)20-5-4-8-41-30(20)40/h4-5,8,11,16-19H,6-7,9-10,12-14H2,1-3H3,(H2,39,42)(H2,40,41)/t16-,17+,18-,19-/m0/s1. The minimum atomic E-state index is -4.91. The normalized spacial score (nSPS) is 21.7. The van der Waals surface area contributed by atoms with Gasteiger partial charge in [-0.15, -0.1) is 0 Å². The van der Waals surface area contributed by atoms with Crippen LogP contribution in [0, 0.1) is 12.7 Å². The molecule has 0 aliphatic carbocycles. The van der Waals surface area contributed by atoms with Crippen molar-refractivity contribution in [3.8, 4) is 23.0 Å². The second-order valence-electron chi connectivity index (χ2n) is 12.7. The molecule has 0 bridgehead atoms. The highest BCUT2D eigenvalue weighted by molar-refractivity contribution is 6.36. The zero-order valence-corrected chi connectivity index (χ0v) is 27.8. The Morgan fingerprint density at radius 1 is 1.18 bits per heavy atom. The zero-order chi connectivity index (χ0) is 34.8. The van der Waals surface area contributed by atoms with Gasteiger partial charge >= 0.3 is 12.2 Å². The molecule has 3 aliphatic heterocycles. The van der Waals surface area contributed by atoms with Crippen LogP contribution < -0.4 is 25.8 Å². The van der Waals surface area contributed by atoms with Crippen molar-refractivity contribution >= 4 is 40.0 Å². The largest absolute Gasteiger partial charge is 0.489 e. The first-order valence-electron chi connectivity index (χ1n) is 16.0. The average molecular weight is 703 g/mol. The van der Waals surface area contributed by atoms with Gasteiger partial charge in [-0.3, -0.25) is 4.90 Å². The summed E-state index contributed by atoms with van der Waals surface area (Å²) in [6, 6.07) is 4.34. The fraction of sp³-hybridized carbons (Fsp3) is 0.455. The number of anilines is 3. The first-order chi connectivity index (χ1) is 23.3. The van der Waals surface area contributed by atoms with Crippen LogP contribution in [0.3, 0.4) is 0 Å². The highest BCUT2D eigenvalue weighted by Gasteiger charge is 2.41. The number of halogens is 5. The summed E-state index contributed by atoms with van der Waals surface area (Å²) in [6.45, 7) is 6.95. The third-order valence-electron chi connectivity index (χ3n) is 9.56. The summed E-state index contributed by atoms with van der Waals surface area (Å²) >= 11 is 6.80. The van der Waals surface area contributed by atoms with E-state index < -0.39 is 39.9 Å². The molecule has 4 atom stereocenters. The highest BCUT2D eigenvalue weighted by Crippen LogP contribution is 2.51. The van der Waals surface area contributed by atoms with E-state index >= 15 is 4.39 Å². The van der Waals surface area contributed by atoms with Crippen LogP contribution in [0.4, 0.5) is 35.0 Å². The van der Waals surface area contributed by atoms with Crippen LogP contribution in [0.2, 0.25) is 5.02 Å². The molecule has 0 radical (unpaired) electrons. The highest BCUT2D eigenvalue weighted by atomic mass is 35.5. The topological polar surface area (TPSA) is 138 Å². The van der Waals surface area contributed by atoms with Crippen LogP contribution in [0.15, 0.2) is 24.4 Å². The number of morpholine rings is 1. The summed E-state index contributed by atoms with van der Waals surface area (Å²) in [6.07, 6.45) is -1.47. The van der Waals surface area contributed by atoms with Crippen LogP contribution in [-0.4, -0.2) is 75.9 Å². The number of fused-ring (bicyclic) bond motifs is 1. The molecule has 4 aromatic rings. The van der Waals surface area contributed by atoms with Crippen molar-refractivity contribution in [2.24, 2.45) is 0 Å². The van der Waals surface area contributed by atoms with E-state index in [-0.39, 0.29) is 77.8 Å². The molecule has 16 heteroatoms. The van der Waals surface area contributed by atoms with Gasteiger partial charge in [0.1, 0.15) is 36.2 Å². The first kappa shape index (κ1) is 33.3. The molecule has 0 saturated carbocycles. The van der Waals surface area contributed by atoms with Gasteiger partial charge < -0.3 is 30.6 Å². The molecule has 2 saturated heterocycles. The van der Waals surface area contributed by atoms with E-state index in [9.17, 15) is 13.2 Å². The van der Waals surface area contributed by atoms with Crippen LogP contribution in [-0.2, 0) is 10.9 Å². The maximum Gasteiger partial charge on any atom is 0.418 e. The number of ether oxygens (including phenoxy) is 3. The van der Waals surface area contributed by atoms with E-state index in [2.05, 4.69) is 19.9 Å². The molecule has 3 aromatic heterocycles. The third kappa shape index (κ3) is 5.91. The van der Waals surface area contributed by atoms with Gasteiger partial charge in [0.2, 0.25) is 0 Å². The van der Waals surface area contributed by atoms with Crippen molar-refractivity contribution < 1.29 is 31.8 Å². The lowest BCUT2D eigenvalue weighted by Gasteiger charge is -2.37. The van der Waals surface area contributed by atoms with E-state index in [4.69, 9.17) is 42.3 Å². The molecule has 260 valence electrons. The number of pyridine rings is 2. The molecule has 0 amide bonds. The molecule has 0 spiro atoms. The van der Waals surface area contributed by atoms with Gasteiger partial charge in [0.05, 0.1) is 52.5 Å². The van der Waals surface area contributed by atoms with Gasteiger partial charge in [0, 0.05) is 30.4 Å². The van der Waals surface area contributed by atoms with Gasteiger partial charge in [-0.2, -0.15) is 23.1 Å². The Bertz CT molecular complexity index is 1930. The Labute approximate surface area is 284 Å². The zero-order valence-electron chi connectivity index (χ0n) is 27.0. The summed E-state index contributed by atoms with van der Waals surface area (Å²) in [4.78, 5) is 21.6. The van der Waals surface area contributed by atoms with Crippen LogP contribution >= 0.6 is 11.6 Å². The lowest BCUT2D eigenvalue weighted by molar-refractivity contribution is -0.137. The molecule has 11 nitrogen and oxygen atoms in total. The number of nitrogens with zero attached hydrogens (tertiary/aromatic N) is 6. The Hall–Kier alpha value is -4.21. The molecule has 6 heterocycles. The Morgan fingerprint density at radius 3 is 2.73 bits per heavy atom. The van der Waals surface area contributed by atoms with Crippen LogP contribution in [0.5, 0.6) is 11.8 Å². The fourth-order valence-electron chi connectivity index (χ4n) is 7.23. The molecule has 49 heavy (non-hydrogen) atoms. The lowest BCUT2D eigenvalue weighted by Crippen LogP contribution is -2.49. The average Bonchev–Trinajstić information content (AvgIpc) is 3.33. The smallest absolute Gasteiger partial charge is 0.418 e. The fourth-order valence-corrected chi connectivity index (χ4v) is 7.56. The number of nitrogens with two attached hydrogens (primary N) is 2. The lowest BCUT2D eigenvalue weighted by atomic mass is 9.98. The second-order valence-corrected chi connectivity index (χ2v) is 13.1. The van der Waals surface area contributed by atoms with Crippen molar-refractivity contribution in [1.29, 1.82) is 0 Å². The van der Waals surface area contributed by atoms with E-state index in [1.165, 1.54) is 6.92 Å². The summed E-state index contributed by atoms with van der Waals surface area (Å²) in [5.74, 6) is -0.967. The number of aromatic nitrogens is 4. The van der Waals surface area contributed by atoms with Crippen LogP contribution in [0.1, 0.15) is 49.4 Å². The van der Waals surface area contributed by atoms with Crippen molar-refractivity contribution in [3.63, 3.8) is 0 Å². The predicted molar refractivity (Wildman–Crippen MR) is 176 cm³/mol. The summed E-state index contributed by atoms with van der Waals surface area (Å²) in [5, 5.41) is -0.345. The number of rotatable bonds is 6. The number of nitrogen functional groups attached to an aromatic ring is 2. The van der Waals surface area contributed by atoms with E-state index in [0.717, 1.165) is 25.5 Å². The van der Waals surface area contributed by atoms with Crippen molar-refractivity contribution in [2.45, 2.75) is 64.0 Å². The molecule has 7 rings (SSSR count). The molecule has 1 aromatic carbocycles. The van der Waals surface area contributed by atoms with Crippen molar-refractivity contribution in [3.05, 3.63) is 51.9 Å². The number of alkyl halides is 3. The van der Waals surface area contributed by atoms with Gasteiger partial charge in [-0.25, -0.2) is 14.4 Å². The van der Waals surface area contributed by atoms with E-state index in [0.29, 0.717) is 18.0 Å². The molecular weight excluding hydrogens is 668 g/mol. The maximum atomic E-state index is 17.0. The Balaban J connectivity index is 1.41. The van der Waals surface area contributed by atoms with Crippen molar-refractivity contribution in [1.82, 2.24) is 24.8 Å². The molecular formula is C33H35ClF4N8O3. The second kappa shape index (κ2) is 12.6. The molecule has 4 N–H and O–H groups in total.